The molecular weight excluding hydrogens is 170 g/mol. The number of likely N-dealkylation sites (tertiary alicyclic amines) is 1. The summed E-state index contributed by atoms with van der Waals surface area (Å²) in [6.07, 6.45) is 10.9. The van der Waals surface area contributed by atoms with Gasteiger partial charge in [-0.15, -0.1) is 0 Å². The number of piperidine rings is 1. The highest BCUT2D eigenvalue weighted by Gasteiger charge is 2.25. The highest BCUT2D eigenvalue weighted by atomic mass is 15.1. The SMILES string of the molecule is CC(C)CN1CCCC2CC=CC=C21. The Morgan fingerprint density at radius 3 is 3.14 bits per heavy atom. The minimum atomic E-state index is 0.778. The van der Waals surface area contributed by atoms with Gasteiger partial charge in [0.05, 0.1) is 0 Å². The predicted octanol–water partition coefficient (Wildman–Crippen LogP) is 3.20. The van der Waals surface area contributed by atoms with Crippen LogP contribution >= 0.6 is 0 Å². The molecule has 1 nitrogen and oxygen atoms in total. The predicted molar refractivity (Wildman–Crippen MR) is 61.0 cm³/mol. The zero-order chi connectivity index (χ0) is 9.97. The average molecular weight is 191 g/mol. The van der Waals surface area contributed by atoms with Gasteiger partial charge in [-0.05, 0) is 31.3 Å². The molecule has 0 aromatic carbocycles. The first kappa shape index (κ1) is 9.82. The van der Waals surface area contributed by atoms with Gasteiger partial charge in [-0.1, -0.05) is 26.0 Å². The number of nitrogens with zero attached hydrogens (tertiary/aromatic N) is 1. The molecule has 2 aliphatic rings. The van der Waals surface area contributed by atoms with Gasteiger partial charge in [0.15, 0.2) is 0 Å². The molecule has 1 unspecified atom stereocenters. The molecule has 0 aromatic rings. The van der Waals surface area contributed by atoms with E-state index < -0.39 is 0 Å². The summed E-state index contributed by atoms with van der Waals surface area (Å²) in [7, 11) is 0. The van der Waals surface area contributed by atoms with E-state index in [9.17, 15) is 0 Å². The molecule has 1 heterocycles. The maximum atomic E-state index is 2.60. The summed E-state index contributed by atoms with van der Waals surface area (Å²) >= 11 is 0. The van der Waals surface area contributed by atoms with Crippen LogP contribution in [0.4, 0.5) is 0 Å². The summed E-state index contributed by atoms with van der Waals surface area (Å²) in [6.45, 7) is 7.12. The number of allylic oxidation sites excluding steroid dienone is 4. The van der Waals surface area contributed by atoms with Crippen molar-refractivity contribution in [1.82, 2.24) is 4.90 Å². The lowest BCUT2D eigenvalue weighted by molar-refractivity contribution is 0.219. The van der Waals surface area contributed by atoms with E-state index in [4.69, 9.17) is 0 Å². The molecule has 0 aromatic heterocycles. The summed E-state index contributed by atoms with van der Waals surface area (Å²) in [5.41, 5.74) is 1.60. The number of rotatable bonds is 2. The molecule has 2 rings (SSSR count). The third kappa shape index (κ3) is 2.02. The Kier molecular flexibility index (Phi) is 2.95. The van der Waals surface area contributed by atoms with Crippen LogP contribution in [0.25, 0.3) is 0 Å². The van der Waals surface area contributed by atoms with E-state index in [1.165, 1.54) is 32.4 Å². The van der Waals surface area contributed by atoms with Crippen LogP contribution in [0, 0.1) is 11.8 Å². The van der Waals surface area contributed by atoms with E-state index >= 15 is 0 Å². The molecule has 0 amide bonds. The molecule has 1 fully saturated rings. The van der Waals surface area contributed by atoms with Gasteiger partial charge >= 0.3 is 0 Å². The van der Waals surface area contributed by atoms with Crippen molar-refractivity contribution >= 4 is 0 Å². The van der Waals surface area contributed by atoms with Crippen LogP contribution in [0.1, 0.15) is 33.1 Å². The highest BCUT2D eigenvalue weighted by Crippen LogP contribution is 2.32. The zero-order valence-electron chi connectivity index (χ0n) is 9.37. The van der Waals surface area contributed by atoms with Crippen LogP contribution in [0.3, 0.4) is 0 Å². The molecule has 1 heteroatoms. The van der Waals surface area contributed by atoms with E-state index in [-0.39, 0.29) is 0 Å². The summed E-state index contributed by atoms with van der Waals surface area (Å²) in [5, 5.41) is 0. The molecule has 0 radical (unpaired) electrons. The van der Waals surface area contributed by atoms with Crippen LogP contribution in [-0.4, -0.2) is 18.0 Å². The molecule has 0 N–H and O–H groups in total. The lowest BCUT2D eigenvalue weighted by Crippen LogP contribution is -2.36. The maximum Gasteiger partial charge on any atom is 0.0198 e. The van der Waals surface area contributed by atoms with Gasteiger partial charge in [0.25, 0.3) is 0 Å². The molecule has 1 atom stereocenters. The van der Waals surface area contributed by atoms with Crippen molar-refractivity contribution in [1.29, 1.82) is 0 Å². The summed E-state index contributed by atoms with van der Waals surface area (Å²) < 4.78 is 0. The van der Waals surface area contributed by atoms with Gasteiger partial charge < -0.3 is 4.90 Å². The normalized spacial score (nSPS) is 26.4. The quantitative estimate of drug-likeness (QED) is 0.648. The molecule has 1 aliphatic carbocycles. The minimum absolute atomic E-state index is 0.778. The first-order chi connectivity index (χ1) is 6.77. The van der Waals surface area contributed by atoms with Crippen molar-refractivity contribution < 1.29 is 0 Å². The molecule has 1 aliphatic heterocycles. The Morgan fingerprint density at radius 2 is 2.36 bits per heavy atom. The highest BCUT2D eigenvalue weighted by molar-refractivity contribution is 5.21. The molecular formula is C13H21N. The van der Waals surface area contributed by atoms with Crippen LogP contribution < -0.4 is 0 Å². The van der Waals surface area contributed by atoms with E-state index in [1.807, 2.05) is 0 Å². The van der Waals surface area contributed by atoms with Crippen LogP contribution in [0.2, 0.25) is 0 Å². The van der Waals surface area contributed by atoms with Crippen LogP contribution in [0.5, 0.6) is 0 Å². The maximum absolute atomic E-state index is 2.60. The van der Waals surface area contributed by atoms with Crippen LogP contribution in [-0.2, 0) is 0 Å². The van der Waals surface area contributed by atoms with E-state index in [0.29, 0.717) is 0 Å². The fraction of sp³-hybridized carbons (Fsp3) is 0.692. The smallest absolute Gasteiger partial charge is 0.0198 e. The lowest BCUT2D eigenvalue weighted by Gasteiger charge is -2.39. The Labute approximate surface area is 87.5 Å². The van der Waals surface area contributed by atoms with Gasteiger partial charge in [0.1, 0.15) is 0 Å². The summed E-state index contributed by atoms with van der Waals surface area (Å²) in [6, 6.07) is 0. The van der Waals surface area contributed by atoms with Gasteiger partial charge in [-0.25, -0.2) is 0 Å². The zero-order valence-corrected chi connectivity index (χ0v) is 9.37. The van der Waals surface area contributed by atoms with Crippen molar-refractivity contribution in [3.8, 4) is 0 Å². The lowest BCUT2D eigenvalue weighted by atomic mass is 9.87. The second-order valence-corrected chi connectivity index (χ2v) is 4.93. The Bertz CT molecular complexity index is 250. The average Bonchev–Trinajstić information content (AvgIpc) is 2.18. The van der Waals surface area contributed by atoms with Crippen molar-refractivity contribution in [2.45, 2.75) is 33.1 Å². The van der Waals surface area contributed by atoms with Gasteiger partial charge in [-0.2, -0.15) is 0 Å². The van der Waals surface area contributed by atoms with Crippen LogP contribution in [0.15, 0.2) is 23.9 Å². The molecule has 0 spiro atoms. The second kappa shape index (κ2) is 4.20. The third-order valence-electron chi connectivity index (χ3n) is 3.17. The summed E-state index contributed by atoms with van der Waals surface area (Å²) in [4.78, 5) is 2.60. The number of hydrogen-bond donors (Lipinski definition) is 0. The minimum Gasteiger partial charge on any atom is -0.374 e. The fourth-order valence-corrected chi connectivity index (χ4v) is 2.59. The number of hydrogen-bond acceptors (Lipinski definition) is 1. The molecule has 1 saturated heterocycles. The van der Waals surface area contributed by atoms with E-state index in [1.54, 1.807) is 5.70 Å². The van der Waals surface area contributed by atoms with E-state index in [0.717, 1.165) is 11.8 Å². The standard InChI is InChI=1S/C13H21N/c1-11(2)10-14-9-5-7-12-6-3-4-8-13(12)14/h3-4,8,11-12H,5-7,9-10H2,1-2H3. The molecule has 78 valence electrons. The summed E-state index contributed by atoms with van der Waals surface area (Å²) in [5.74, 6) is 1.60. The third-order valence-corrected chi connectivity index (χ3v) is 3.17. The van der Waals surface area contributed by atoms with Crippen molar-refractivity contribution in [3.63, 3.8) is 0 Å². The topological polar surface area (TPSA) is 3.24 Å². The number of fused-ring (bicyclic) bond motifs is 1. The molecule has 0 saturated carbocycles. The first-order valence-corrected chi connectivity index (χ1v) is 5.89. The van der Waals surface area contributed by atoms with Gasteiger partial charge in [0.2, 0.25) is 0 Å². The monoisotopic (exact) mass is 191 g/mol. The largest absolute Gasteiger partial charge is 0.374 e. The fourth-order valence-electron chi connectivity index (χ4n) is 2.59. The van der Waals surface area contributed by atoms with Gasteiger partial charge in [-0.3, -0.25) is 0 Å². The Morgan fingerprint density at radius 1 is 1.50 bits per heavy atom. The second-order valence-electron chi connectivity index (χ2n) is 4.93. The van der Waals surface area contributed by atoms with Crippen molar-refractivity contribution in [2.75, 3.05) is 13.1 Å². The van der Waals surface area contributed by atoms with Crippen molar-refractivity contribution in [2.24, 2.45) is 11.8 Å². The first-order valence-electron chi connectivity index (χ1n) is 5.89. The molecule has 14 heavy (non-hydrogen) atoms. The van der Waals surface area contributed by atoms with E-state index in [2.05, 4.69) is 37.0 Å². The van der Waals surface area contributed by atoms with Crippen molar-refractivity contribution in [3.05, 3.63) is 23.9 Å². The van der Waals surface area contributed by atoms with Gasteiger partial charge in [0, 0.05) is 24.7 Å². The Hall–Kier alpha value is -0.720. The Balaban J connectivity index is 2.08. The molecule has 0 bridgehead atoms.